The molecule has 2 rings (SSSR count). The second-order valence-electron chi connectivity index (χ2n) is 4.02. The Balaban J connectivity index is 1.91. The fourth-order valence-corrected chi connectivity index (χ4v) is 2.08. The topological polar surface area (TPSA) is 58.4 Å². The molecular weight excluding hydrogens is 166 g/mol. The molecule has 4 nitrogen and oxygen atoms in total. The van der Waals surface area contributed by atoms with Gasteiger partial charge in [0.25, 0.3) is 0 Å². The van der Waals surface area contributed by atoms with E-state index in [9.17, 15) is 4.79 Å². The molecule has 0 aliphatic carbocycles. The molecule has 2 saturated heterocycles. The molecular formula is C9H17N3O. The van der Waals surface area contributed by atoms with Crippen molar-refractivity contribution in [1.82, 2.24) is 10.2 Å². The smallest absolute Gasteiger partial charge is 0.237 e. The van der Waals surface area contributed by atoms with Crippen LogP contribution < -0.4 is 11.1 Å². The molecule has 0 saturated carbocycles. The number of hydrogen-bond acceptors (Lipinski definition) is 3. The van der Waals surface area contributed by atoms with Crippen molar-refractivity contribution < 1.29 is 4.79 Å². The molecule has 2 fully saturated rings. The molecule has 0 aromatic heterocycles. The summed E-state index contributed by atoms with van der Waals surface area (Å²) < 4.78 is 0. The summed E-state index contributed by atoms with van der Waals surface area (Å²) in [6.07, 6.45) is 3.26. The van der Waals surface area contributed by atoms with Gasteiger partial charge in [0, 0.05) is 25.7 Å². The standard InChI is InChI=1S/C9H17N3O/c10-7-5-12(6-7)8-3-1-2-4-11-9(8)13/h7-8H,1-6,10H2,(H,11,13). The van der Waals surface area contributed by atoms with Crippen molar-refractivity contribution in [1.29, 1.82) is 0 Å². The van der Waals surface area contributed by atoms with Crippen LogP contribution in [0.2, 0.25) is 0 Å². The van der Waals surface area contributed by atoms with Crippen LogP contribution >= 0.6 is 0 Å². The van der Waals surface area contributed by atoms with Crippen LogP contribution in [0.1, 0.15) is 19.3 Å². The first-order valence-electron chi connectivity index (χ1n) is 5.05. The third-order valence-corrected chi connectivity index (χ3v) is 2.89. The molecule has 1 atom stereocenters. The lowest BCUT2D eigenvalue weighted by Gasteiger charge is -2.41. The van der Waals surface area contributed by atoms with Gasteiger partial charge in [0.1, 0.15) is 0 Å². The zero-order valence-corrected chi connectivity index (χ0v) is 7.83. The Bertz CT molecular complexity index is 201. The van der Waals surface area contributed by atoms with Crippen molar-refractivity contribution in [3.8, 4) is 0 Å². The van der Waals surface area contributed by atoms with E-state index in [4.69, 9.17) is 5.73 Å². The lowest BCUT2D eigenvalue weighted by Crippen LogP contribution is -2.62. The van der Waals surface area contributed by atoms with Crippen molar-refractivity contribution in [3.05, 3.63) is 0 Å². The highest BCUT2D eigenvalue weighted by Gasteiger charge is 2.34. The van der Waals surface area contributed by atoms with Gasteiger partial charge in [0.2, 0.25) is 5.91 Å². The van der Waals surface area contributed by atoms with Gasteiger partial charge in [0.05, 0.1) is 6.04 Å². The number of rotatable bonds is 1. The molecule has 2 aliphatic heterocycles. The molecule has 74 valence electrons. The number of amides is 1. The molecule has 0 radical (unpaired) electrons. The van der Waals surface area contributed by atoms with E-state index >= 15 is 0 Å². The summed E-state index contributed by atoms with van der Waals surface area (Å²) in [5.74, 6) is 0.199. The fraction of sp³-hybridized carbons (Fsp3) is 0.889. The molecule has 0 aromatic carbocycles. The van der Waals surface area contributed by atoms with E-state index in [-0.39, 0.29) is 18.0 Å². The second kappa shape index (κ2) is 3.64. The van der Waals surface area contributed by atoms with Crippen LogP contribution in [0.4, 0.5) is 0 Å². The minimum absolute atomic E-state index is 0.0994. The van der Waals surface area contributed by atoms with Crippen LogP contribution in [0.15, 0.2) is 0 Å². The van der Waals surface area contributed by atoms with Gasteiger partial charge in [-0.3, -0.25) is 9.69 Å². The first-order chi connectivity index (χ1) is 6.27. The maximum atomic E-state index is 11.6. The molecule has 13 heavy (non-hydrogen) atoms. The zero-order chi connectivity index (χ0) is 9.26. The van der Waals surface area contributed by atoms with Crippen LogP contribution in [0.3, 0.4) is 0 Å². The predicted octanol–water partition coefficient (Wildman–Crippen LogP) is -0.702. The SMILES string of the molecule is NC1CN(C2CCCCNC2=O)C1. The van der Waals surface area contributed by atoms with E-state index in [1.165, 1.54) is 0 Å². The van der Waals surface area contributed by atoms with Crippen molar-refractivity contribution in [2.24, 2.45) is 5.73 Å². The van der Waals surface area contributed by atoms with Crippen LogP contribution in [0.5, 0.6) is 0 Å². The van der Waals surface area contributed by atoms with Gasteiger partial charge in [-0.15, -0.1) is 0 Å². The first-order valence-corrected chi connectivity index (χ1v) is 5.05. The summed E-state index contributed by atoms with van der Waals surface area (Å²) in [5, 5.41) is 2.94. The minimum atomic E-state index is 0.0994. The van der Waals surface area contributed by atoms with Crippen molar-refractivity contribution in [2.45, 2.75) is 31.3 Å². The third-order valence-electron chi connectivity index (χ3n) is 2.89. The Hall–Kier alpha value is -0.610. The highest BCUT2D eigenvalue weighted by Crippen LogP contribution is 2.17. The van der Waals surface area contributed by atoms with Gasteiger partial charge in [0.15, 0.2) is 0 Å². The summed E-state index contributed by atoms with van der Waals surface area (Å²) in [4.78, 5) is 13.7. The summed E-state index contributed by atoms with van der Waals surface area (Å²) in [5.41, 5.74) is 5.69. The van der Waals surface area contributed by atoms with E-state index in [2.05, 4.69) is 10.2 Å². The number of nitrogens with zero attached hydrogens (tertiary/aromatic N) is 1. The number of carbonyl (C=O) groups excluding carboxylic acids is 1. The number of nitrogens with two attached hydrogens (primary N) is 1. The van der Waals surface area contributed by atoms with Gasteiger partial charge in [-0.1, -0.05) is 0 Å². The van der Waals surface area contributed by atoms with E-state index in [1.54, 1.807) is 0 Å². The monoisotopic (exact) mass is 183 g/mol. The van der Waals surface area contributed by atoms with Crippen LogP contribution in [-0.4, -0.2) is 42.5 Å². The van der Waals surface area contributed by atoms with Gasteiger partial charge in [-0.2, -0.15) is 0 Å². The Morgan fingerprint density at radius 3 is 2.85 bits per heavy atom. The van der Waals surface area contributed by atoms with Crippen molar-refractivity contribution in [2.75, 3.05) is 19.6 Å². The van der Waals surface area contributed by atoms with E-state index in [1.807, 2.05) is 0 Å². The highest BCUT2D eigenvalue weighted by atomic mass is 16.2. The highest BCUT2D eigenvalue weighted by molar-refractivity contribution is 5.82. The maximum absolute atomic E-state index is 11.6. The maximum Gasteiger partial charge on any atom is 0.237 e. The van der Waals surface area contributed by atoms with Crippen molar-refractivity contribution in [3.63, 3.8) is 0 Å². The van der Waals surface area contributed by atoms with E-state index in [0.29, 0.717) is 0 Å². The number of carbonyl (C=O) groups is 1. The Kier molecular flexibility index (Phi) is 2.51. The molecule has 4 heteroatoms. The normalized spacial score (nSPS) is 32.1. The Morgan fingerprint density at radius 1 is 1.38 bits per heavy atom. The van der Waals surface area contributed by atoms with Gasteiger partial charge in [-0.05, 0) is 19.3 Å². The quantitative estimate of drug-likeness (QED) is 0.565. The molecule has 0 bridgehead atoms. The lowest BCUT2D eigenvalue weighted by molar-refractivity contribution is -0.127. The Morgan fingerprint density at radius 2 is 2.15 bits per heavy atom. The summed E-state index contributed by atoms with van der Waals surface area (Å²) in [6.45, 7) is 2.62. The number of hydrogen-bond donors (Lipinski definition) is 2. The molecule has 3 N–H and O–H groups in total. The second-order valence-corrected chi connectivity index (χ2v) is 4.02. The third kappa shape index (κ3) is 1.84. The van der Waals surface area contributed by atoms with Gasteiger partial charge < -0.3 is 11.1 Å². The van der Waals surface area contributed by atoms with Gasteiger partial charge in [-0.25, -0.2) is 0 Å². The molecule has 2 aliphatic rings. The summed E-state index contributed by atoms with van der Waals surface area (Å²) in [6, 6.07) is 0.387. The summed E-state index contributed by atoms with van der Waals surface area (Å²) in [7, 11) is 0. The van der Waals surface area contributed by atoms with E-state index < -0.39 is 0 Å². The minimum Gasteiger partial charge on any atom is -0.355 e. The number of likely N-dealkylation sites (tertiary alicyclic amines) is 1. The Labute approximate surface area is 78.5 Å². The molecule has 0 spiro atoms. The fourth-order valence-electron chi connectivity index (χ4n) is 2.08. The lowest BCUT2D eigenvalue weighted by atomic mass is 10.0. The molecule has 2 heterocycles. The van der Waals surface area contributed by atoms with Crippen LogP contribution in [0.25, 0.3) is 0 Å². The predicted molar refractivity (Wildman–Crippen MR) is 50.2 cm³/mol. The van der Waals surface area contributed by atoms with Crippen LogP contribution in [-0.2, 0) is 4.79 Å². The molecule has 1 unspecified atom stereocenters. The van der Waals surface area contributed by atoms with E-state index in [0.717, 1.165) is 38.9 Å². The largest absolute Gasteiger partial charge is 0.355 e. The number of nitrogens with one attached hydrogen (secondary N) is 1. The first kappa shape index (κ1) is 8.97. The molecule has 1 amide bonds. The average molecular weight is 183 g/mol. The van der Waals surface area contributed by atoms with Crippen molar-refractivity contribution >= 4 is 5.91 Å². The van der Waals surface area contributed by atoms with Crippen LogP contribution in [0, 0.1) is 0 Å². The summed E-state index contributed by atoms with van der Waals surface area (Å²) >= 11 is 0. The average Bonchev–Trinajstić information content (AvgIpc) is 2.25. The van der Waals surface area contributed by atoms with Gasteiger partial charge >= 0.3 is 0 Å². The zero-order valence-electron chi connectivity index (χ0n) is 7.83. The molecule has 0 aromatic rings.